The minimum absolute atomic E-state index is 0.106. The van der Waals surface area contributed by atoms with E-state index in [0.717, 1.165) is 37.4 Å². The largest absolute Gasteiger partial charge is 0.465 e. The van der Waals surface area contributed by atoms with Crippen molar-refractivity contribution in [1.82, 2.24) is 5.32 Å². The van der Waals surface area contributed by atoms with Gasteiger partial charge in [0.2, 0.25) is 0 Å². The first-order valence-corrected chi connectivity index (χ1v) is 14.9. The van der Waals surface area contributed by atoms with Crippen LogP contribution in [0.1, 0.15) is 46.5 Å². The average Bonchev–Trinajstić information content (AvgIpc) is 2.62. The molecule has 31 heavy (non-hydrogen) atoms. The van der Waals surface area contributed by atoms with E-state index in [1.807, 2.05) is 20.8 Å². The molecule has 1 fully saturated rings. The first kappa shape index (κ1) is 25.5. The summed E-state index contributed by atoms with van der Waals surface area (Å²) in [4.78, 5) is 12.0. The molecule has 0 bridgehead atoms. The second-order valence-corrected chi connectivity index (χ2v) is 16.1. The lowest BCUT2D eigenvalue weighted by atomic mass is 9.91. The molecule has 1 aromatic carbocycles. The zero-order valence-corrected chi connectivity index (χ0v) is 20.8. The molecule has 6 nitrogen and oxygen atoms in total. The van der Waals surface area contributed by atoms with E-state index in [1.165, 1.54) is 12.1 Å². The molecule has 1 aromatic rings. The number of benzene rings is 1. The van der Waals surface area contributed by atoms with Gasteiger partial charge in [-0.05, 0) is 64.6 Å². The van der Waals surface area contributed by atoms with Gasteiger partial charge >= 0.3 is 6.09 Å². The molecule has 2 N–H and O–H groups in total. The number of amides is 1. The highest BCUT2D eigenvalue weighted by molar-refractivity contribution is 6.76. The third-order valence-electron chi connectivity index (χ3n) is 5.05. The van der Waals surface area contributed by atoms with E-state index in [4.69, 9.17) is 14.2 Å². The van der Waals surface area contributed by atoms with Gasteiger partial charge in [0.05, 0.1) is 5.69 Å². The molecule has 0 aromatic heterocycles. The van der Waals surface area contributed by atoms with E-state index in [-0.39, 0.29) is 30.8 Å². The summed E-state index contributed by atoms with van der Waals surface area (Å²) >= 11 is 0. The molecule has 1 aliphatic carbocycles. The van der Waals surface area contributed by atoms with Crippen molar-refractivity contribution < 1.29 is 23.4 Å². The van der Waals surface area contributed by atoms with E-state index < -0.39 is 13.7 Å². The van der Waals surface area contributed by atoms with Crippen LogP contribution in [0.2, 0.25) is 25.7 Å². The Morgan fingerprint density at radius 1 is 1.13 bits per heavy atom. The molecule has 0 spiro atoms. The average molecular weight is 455 g/mol. The van der Waals surface area contributed by atoms with Gasteiger partial charge in [-0.2, -0.15) is 0 Å². The zero-order valence-electron chi connectivity index (χ0n) is 19.8. The number of carbonyl (C=O) groups is 1. The van der Waals surface area contributed by atoms with Gasteiger partial charge in [-0.15, -0.1) is 0 Å². The van der Waals surface area contributed by atoms with Gasteiger partial charge in [0.15, 0.2) is 6.79 Å². The van der Waals surface area contributed by atoms with Crippen molar-refractivity contribution in [1.29, 1.82) is 0 Å². The Bertz CT molecular complexity index is 711. The van der Waals surface area contributed by atoms with Crippen LogP contribution in [-0.4, -0.2) is 45.3 Å². The predicted molar refractivity (Wildman–Crippen MR) is 125 cm³/mol. The van der Waals surface area contributed by atoms with Crippen LogP contribution in [0.25, 0.3) is 0 Å². The maximum absolute atomic E-state index is 13.8. The molecule has 0 aliphatic heterocycles. The van der Waals surface area contributed by atoms with E-state index in [1.54, 1.807) is 6.07 Å². The van der Waals surface area contributed by atoms with Crippen LogP contribution >= 0.6 is 0 Å². The van der Waals surface area contributed by atoms with Gasteiger partial charge in [0.25, 0.3) is 0 Å². The van der Waals surface area contributed by atoms with Crippen LogP contribution in [0.3, 0.4) is 0 Å². The molecule has 8 heteroatoms. The molecule has 0 atom stereocenters. The van der Waals surface area contributed by atoms with Gasteiger partial charge < -0.3 is 24.8 Å². The predicted octanol–water partition coefficient (Wildman–Crippen LogP) is 5.76. The Morgan fingerprint density at radius 2 is 1.77 bits per heavy atom. The summed E-state index contributed by atoms with van der Waals surface area (Å²) in [6, 6.07) is 5.92. The molecule has 1 saturated carbocycles. The normalized spacial score (nSPS) is 19.6. The van der Waals surface area contributed by atoms with Crippen LogP contribution in [0.15, 0.2) is 18.2 Å². The minimum atomic E-state index is -1.15. The van der Waals surface area contributed by atoms with Crippen LogP contribution in [0.4, 0.5) is 14.9 Å². The summed E-state index contributed by atoms with van der Waals surface area (Å²) in [7, 11) is -1.15. The molecule has 0 saturated heterocycles. The van der Waals surface area contributed by atoms with Gasteiger partial charge in [-0.1, -0.05) is 19.6 Å². The molecule has 1 aliphatic rings. The zero-order chi connectivity index (χ0) is 23.1. The second-order valence-electron chi connectivity index (χ2n) is 10.5. The Hall–Kier alpha value is -1.80. The van der Waals surface area contributed by atoms with Crippen LogP contribution in [-0.2, 0) is 9.47 Å². The summed E-state index contributed by atoms with van der Waals surface area (Å²) in [5.41, 5.74) is 0.263. The molecule has 176 valence electrons. The smallest absolute Gasteiger partial charge is 0.407 e. The van der Waals surface area contributed by atoms with Crippen molar-refractivity contribution in [2.75, 3.05) is 18.7 Å². The highest BCUT2D eigenvalue weighted by atomic mass is 28.3. The fraction of sp³-hybridized carbons (Fsp3) is 0.696. The number of ether oxygens (including phenoxy) is 3. The first-order chi connectivity index (χ1) is 14.4. The van der Waals surface area contributed by atoms with Crippen molar-refractivity contribution in [3.63, 3.8) is 0 Å². The minimum Gasteiger partial charge on any atom is -0.465 e. The molecule has 2 rings (SSSR count). The van der Waals surface area contributed by atoms with Crippen molar-refractivity contribution in [2.24, 2.45) is 0 Å². The lowest BCUT2D eigenvalue weighted by Crippen LogP contribution is -2.42. The maximum Gasteiger partial charge on any atom is 0.407 e. The summed E-state index contributed by atoms with van der Waals surface area (Å²) in [6.07, 6.45) is 3.13. The molecule has 0 heterocycles. The molecular formula is C23H39FN2O4Si. The highest BCUT2D eigenvalue weighted by Crippen LogP contribution is 2.29. The molecule has 0 radical (unpaired) electrons. The molecule has 0 unspecified atom stereocenters. The fourth-order valence-corrected chi connectivity index (χ4v) is 4.11. The van der Waals surface area contributed by atoms with Gasteiger partial charge in [-0.3, -0.25) is 0 Å². The Balaban J connectivity index is 1.81. The summed E-state index contributed by atoms with van der Waals surface area (Å²) < 4.78 is 30.4. The summed E-state index contributed by atoms with van der Waals surface area (Å²) in [5.74, 6) is 0.120. The number of hydrogen-bond donors (Lipinski definition) is 2. The number of carbonyl (C=O) groups excluding carboxylic acids is 1. The second kappa shape index (κ2) is 11.2. The quantitative estimate of drug-likeness (QED) is 0.282. The first-order valence-electron chi connectivity index (χ1n) is 11.2. The Labute approximate surface area is 187 Å². The molecular weight excluding hydrogens is 415 g/mol. The van der Waals surface area contributed by atoms with E-state index >= 15 is 0 Å². The standard InChI is InChI=1S/C23H39FN2O4Si/c1-23(2,3)30-22(27)26-19-10-8-18(9-11-19)25-20-12-7-17(24)15-21(20)29-16-28-13-14-31(4,5)6/h7,12,15,18-19,25H,8-11,13-14,16H2,1-6H3,(H,26,27)/t18-,19+. The van der Waals surface area contributed by atoms with Crippen molar-refractivity contribution >= 4 is 19.9 Å². The SMILES string of the molecule is CC(C)(C)OC(=O)N[C@H]1CC[C@@H](Nc2ccc(F)cc2OCOCC[Si](C)(C)C)CC1. The topological polar surface area (TPSA) is 68.8 Å². The van der Waals surface area contributed by atoms with Crippen LogP contribution < -0.4 is 15.4 Å². The van der Waals surface area contributed by atoms with E-state index in [9.17, 15) is 9.18 Å². The number of rotatable bonds is 9. The summed E-state index contributed by atoms with van der Waals surface area (Å²) in [6.45, 7) is 13.2. The summed E-state index contributed by atoms with van der Waals surface area (Å²) in [5, 5.41) is 6.42. The van der Waals surface area contributed by atoms with Crippen molar-refractivity contribution in [2.45, 2.75) is 89.8 Å². The van der Waals surface area contributed by atoms with Crippen LogP contribution in [0, 0.1) is 5.82 Å². The van der Waals surface area contributed by atoms with E-state index in [0.29, 0.717) is 12.4 Å². The number of alkyl carbamates (subject to hydrolysis) is 1. The van der Waals surface area contributed by atoms with Crippen LogP contribution in [0.5, 0.6) is 5.75 Å². The number of nitrogens with one attached hydrogen (secondary N) is 2. The fourth-order valence-electron chi connectivity index (χ4n) is 3.35. The molecule has 1 amide bonds. The Morgan fingerprint density at radius 3 is 2.39 bits per heavy atom. The van der Waals surface area contributed by atoms with Crippen molar-refractivity contribution in [3.8, 4) is 5.75 Å². The Kier molecular flexibility index (Phi) is 9.18. The van der Waals surface area contributed by atoms with Gasteiger partial charge in [0.1, 0.15) is 17.2 Å². The third-order valence-corrected chi connectivity index (χ3v) is 6.75. The lowest BCUT2D eigenvalue weighted by molar-refractivity contribution is 0.0223. The monoisotopic (exact) mass is 454 g/mol. The van der Waals surface area contributed by atoms with Crippen molar-refractivity contribution in [3.05, 3.63) is 24.0 Å². The number of hydrogen-bond acceptors (Lipinski definition) is 5. The number of anilines is 1. The number of halogens is 1. The highest BCUT2D eigenvalue weighted by Gasteiger charge is 2.25. The van der Waals surface area contributed by atoms with E-state index in [2.05, 4.69) is 30.3 Å². The van der Waals surface area contributed by atoms with Gasteiger partial charge in [0, 0.05) is 32.8 Å². The lowest BCUT2D eigenvalue weighted by Gasteiger charge is -2.31. The maximum atomic E-state index is 13.8. The van der Waals surface area contributed by atoms with Gasteiger partial charge in [-0.25, -0.2) is 9.18 Å². The third kappa shape index (κ3) is 10.4.